The van der Waals surface area contributed by atoms with E-state index in [-0.39, 0.29) is 19.5 Å². The van der Waals surface area contributed by atoms with E-state index in [4.69, 9.17) is 24.1 Å². The summed E-state index contributed by atoms with van der Waals surface area (Å²) in [5.74, 6) is 1.92. The molecule has 2 N–H and O–H groups in total. The van der Waals surface area contributed by atoms with Crippen LogP contribution in [0.25, 0.3) is 10.8 Å². The minimum atomic E-state index is -1.12. The molecule has 6 nitrogen and oxygen atoms in total. The monoisotopic (exact) mass is 523 g/mol. The fourth-order valence-corrected chi connectivity index (χ4v) is 5.40. The third-order valence-corrected chi connectivity index (χ3v) is 8.44. The Bertz CT molecular complexity index is 1120. The molecule has 2 atom stereocenters. The number of nitrogens with one attached hydrogen (secondary N) is 1. The lowest BCUT2D eigenvalue weighted by atomic mass is 9.87. The number of rotatable bonds is 13. The van der Waals surface area contributed by atoms with E-state index in [1.807, 2.05) is 18.2 Å². The zero-order valence-corrected chi connectivity index (χ0v) is 23.4. The molecule has 0 amide bonds. The van der Waals surface area contributed by atoms with Crippen molar-refractivity contribution in [3.05, 3.63) is 71.8 Å². The zero-order valence-electron chi connectivity index (χ0n) is 22.4. The average Bonchev–Trinajstić information content (AvgIpc) is 2.90. The van der Waals surface area contributed by atoms with Crippen LogP contribution < -0.4 is 14.8 Å². The van der Waals surface area contributed by atoms with Crippen molar-refractivity contribution >= 4 is 18.8 Å². The summed E-state index contributed by atoms with van der Waals surface area (Å²) in [5.41, 5.74) is 2.34. The summed E-state index contributed by atoms with van der Waals surface area (Å²) in [7, 11) is -1.12. The molecule has 7 heteroatoms. The van der Waals surface area contributed by atoms with E-state index in [0.717, 1.165) is 60.0 Å². The van der Waals surface area contributed by atoms with Gasteiger partial charge in [-0.2, -0.15) is 0 Å². The van der Waals surface area contributed by atoms with Crippen LogP contribution in [0.3, 0.4) is 0 Å². The van der Waals surface area contributed by atoms with Gasteiger partial charge < -0.3 is 29.4 Å². The Labute approximate surface area is 221 Å². The van der Waals surface area contributed by atoms with Crippen molar-refractivity contribution in [2.45, 2.75) is 50.7 Å². The van der Waals surface area contributed by atoms with E-state index >= 15 is 0 Å². The molecule has 1 heterocycles. The fraction of sp³-hybridized carbons (Fsp3) is 0.467. The Morgan fingerprint density at radius 3 is 2.57 bits per heavy atom. The van der Waals surface area contributed by atoms with Crippen molar-refractivity contribution in [2.75, 3.05) is 39.7 Å². The van der Waals surface area contributed by atoms with Crippen LogP contribution >= 0.6 is 0 Å². The van der Waals surface area contributed by atoms with Crippen molar-refractivity contribution in [3.8, 4) is 11.5 Å². The summed E-state index contributed by atoms with van der Waals surface area (Å²) in [5, 5.41) is 14.7. The van der Waals surface area contributed by atoms with Gasteiger partial charge in [0, 0.05) is 32.5 Å². The number of piperidine rings is 1. The molecular formula is C30H41NO5Si. The third-order valence-electron chi connectivity index (χ3n) is 6.74. The number of hydrogen-bond donors (Lipinski definition) is 2. The second-order valence-corrected chi connectivity index (χ2v) is 16.5. The molecule has 0 bridgehead atoms. The quantitative estimate of drug-likeness (QED) is 0.174. The second kappa shape index (κ2) is 13.4. The molecule has 200 valence electrons. The molecule has 1 aliphatic rings. The van der Waals surface area contributed by atoms with Gasteiger partial charge in [-0.1, -0.05) is 56.0 Å². The summed E-state index contributed by atoms with van der Waals surface area (Å²) in [6, 6.07) is 21.9. The number of aliphatic hydroxyl groups is 1. The highest BCUT2D eigenvalue weighted by molar-refractivity contribution is 6.76. The summed E-state index contributed by atoms with van der Waals surface area (Å²) < 4.78 is 23.9. The Balaban J connectivity index is 1.41. The van der Waals surface area contributed by atoms with Gasteiger partial charge in [-0.25, -0.2) is 0 Å². The molecule has 0 aromatic heterocycles. The highest BCUT2D eigenvalue weighted by Crippen LogP contribution is 2.32. The minimum Gasteiger partial charge on any atom is -0.491 e. The van der Waals surface area contributed by atoms with E-state index in [1.54, 1.807) is 0 Å². The highest BCUT2D eigenvalue weighted by atomic mass is 28.3. The van der Waals surface area contributed by atoms with Crippen molar-refractivity contribution in [3.63, 3.8) is 0 Å². The van der Waals surface area contributed by atoms with Crippen molar-refractivity contribution in [1.82, 2.24) is 5.32 Å². The van der Waals surface area contributed by atoms with E-state index in [0.29, 0.717) is 19.1 Å². The molecule has 1 saturated heterocycles. The van der Waals surface area contributed by atoms with Crippen LogP contribution in [-0.4, -0.2) is 59.0 Å². The van der Waals surface area contributed by atoms with Gasteiger partial charge in [-0.05, 0) is 59.8 Å². The lowest BCUT2D eigenvalue weighted by Crippen LogP contribution is -2.40. The van der Waals surface area contributed by atoms with Gasteiger partial charge in [0.1, 0.15) is 18.1 Å². The molecule has 37 heavy (non-hydrogen) atoms. The predicted molar refractivity (Wildman–Crippen MR) is 151 cm³/mol. The van der Waals surface area contributed by atoms with Gasteiger partial charge >= 0.3 is 0 Å². The highest BCUT2D eigenvalue weighted by Gasteiger charge is 2.27. The van der Waals surface area contributed by atoms with Crippen LogP contribution in [-0.2, 0) is 16.1 Å². The Morgan fingerprint density at radius 2 is 1.78 bits per heavy atom. The molecule has 2 unspecified atom stereocenters. The summed E-state index contributed by atoms with van der Waals surface area (Å²) >= 11 is 0. The van der Waals surface area contributed by atoms with E-state index in [1.165, 1.54) is 5.56 Å². The molecule has 1 fully saturated rings. The van der Waals surface area contributed by atoms with Crippen molar-refractivity contribution < 1.29 is 24.1 Å². The van der Waals surface area contributed by atoms with Crippen LogP contribution in [0.2, 0.25) is 25.7 Å². The fourth-order valence-electron chi connectivity index (χ4n) is 4.64. The van der Waals surface area contributed by atoms with Crippen LogP contribution in [0.5, 0.6) is 11.5 Å². The van der Waals surface area contributed by atoms with Crippen LogP contribution in [0.15, 0.2) is 60.7 Å². The standard InChI is InChI=1S/C30H41NO5Si/c1-37(2,3)17-16-33-22-36-29-19-23(18-25-6-4-5-7-27(25)29)21-35-30-20-31-13-12-28(30)24-8-10-26(11-9-24)34-15-14-32/h4-11,18-19,28,30-32H,12-17,20-22H2,1-3H3. The van der Waals surface area contributed by atoms with Gasteiger partial charge in [0.2, 0.25) is 0 Å². The maximum atomic E-state index is 8.98. The minimum absolute atomic E-state index is 0.0130. The van der Waals surface area contributed by atoms with Gasteiger partial charge in [0.25, 0.3) is 0 Å². The third kappa shape index (κ3) is 8.28. The van der Waals surface area contributed by atoms with Crippen LogP contribution in [0, 0.1) is 0 Å². The van der Waals surface area contributed by atoms with Gasteiger partial charge in [-0.15, -0.1) is 0 Å². The number of ether oxygens (including phenoxy) is 4. The molecular weight excluding hydrogens is 482 g/mol. The molecule has 3 aromatic rings. The maximum Gasteiger partial charge on any atom is 0.189 e. The maximum absolute atomic E-state index is 8.98. The number of hydrogen-bond acceptors (Lipinski definition) is 6. The lowest BCUT2D eigenvalue weighted by molar-refractivity contribution is 0.00981. The average molecular weight is 524 g/mol. The Morgan fingerprint density at radius 1 is 0.973 bits per heavy atom. The first-order valence-electron chi connectivity index (χ1n) is 13.3. The normalized spacial score (nSPS) is 18.2. The van der Waals surface area contributed by atoms with E-state index < -0.39 is 8.07 Å². The second-order valence-electron chi connectivity index (χ2n) is 10.9. The van der Waals surface area contributed by atoms with Crippen LogP contribution in [0.4, 0.5) is 0 Å². The SMILES string of the molecule is C[Si](C)(C)CCOCOc1cc(COC2CNCCC2c2ccc(OCCO)cc2)cc2ccccc12. The van der Waals surface area contributed by atoms with E-state index in [9.17, 15) is 0 Å². The number of aliphatic hydroxyl groups excluding tert-OH is 1. The first-order chi connectivity index (χ1) is 17.9. The van der Waals surface area contributed by atoms with Crippen molar-refractivity contribution in [2.24, 2.45) is 0 Å². The van der Waals surface area contributed by atoms with E-state index in [2.05, 4.69) is 67.4 Å². The molecule has 0 spiro atoms. The smallest absolute Gasteiger partial charge is 0.189 e. The molecule has 4 rings (SSSR count). The number of fused-ring (bicyclic) bond motifs is 1. The van der Waals surface area contributed by atoms with Crippen LogP contribution in [0.1, 0.15) is 23.5 Å². The predicted octanol–water partition coefficient (Wildman–Crippen LogP) is 5.56. The largest absolute Gasteiger partial charge is 0.491 e. The van der Waals surface area contributed by atoms with Gasteiger partial charge in [0.05, 0.1) is 19.3 Å². The molecule has 0 aliphatic carbocycles. The van der Waals surface area contributed by atoms with Gasteiger partial charge in [0.15, 0.2) is 6.79 Å². The topological polar surface area (TPSA) is 69.2 Å². The Kier molecular flexibility index (Phi) is 9.99. The Hall–Kier alpha value is -2.42. The number of benzene rings is 3. The zero-order chi connectivity index (χ0) is 26.1. The summed E-state index contributed by atoms with van der Waals surface area (Å²) in [6.07, 6.45) is 1.08. The lowest BCUT2D eigenvalue weighted by Gasteiger charge is -2.32. The van der Waals surface area contributed by atoms with Gasteiger partial charge in [-0.3, -0.25) is 0 Å². The molecule has 1 aliphatic heterocycles. The molecule has 3 aromatic carbocycles. The first-order valence-corrected chi connectivity index (χ1v) is 17.0. The van der Waals surface area contributed by atoms with Crippen molar-refractivity contribution in [1.29, 1.82) is 0 Å². The first kappa shape index (κ1) is 27.6. The summed E-state index contributed by atoms with van der Waals surface area (Å²) in [6.45, 7) is 10.7. The summed E-state index contributed by atoms with van der Waals surface area (Å²) in [4.78, 5) is 0. The molecule has 0 saturated carbocycles. The molecule has 0 radical (unpaired) electrons.